The van der Waals surface area contributed by atoms with Gasteiger partial charge in [0.15, 0.2) is 0 Å². The van der Waals surface area contributed by atoms with Crippen LogP contribution in [0.15, 0.2) is 43.1 Å². The maximum Gasteiger partial charge on any atom is 0.257 e. The minimum atomic E-state index is -0.00808. The molecule has 0 saturated carbocycles. The van der Waals surface area contributed by atoms with Crippen molar-refractivity contribution in [2.45, 2.75) is 0 Å². The van der Waals surface area contributed by atoms with E-state index in [0.29, 0.717) is 18.7 Å². The summed E-state index contributed by atoms with van der Waals surface area (Å²) in [6, 6.07) is 5.86. The standard InChI is InChI=1S/C14H15N5O/c20-14(12-9-15-11-16-10-12)19-7-5-18(6-8-19)13-3-1-2-4-17-13/h1-4,9-11H,5-8H2. The topological polar surface area (TPSA) is 62.2 Å². The molecule has 3 heterocycles. The molecule has 3 rings (SSSR count). The molecule has 0 radical (unpaired) electrons. The van der Waals surface area contributed by atoms with E-state index in [2.05, 4.69) is 19.9 Å². The SMILES string of the molecule is O=C(c1cncnc1)N1CCN(c2ccccn2)CC1. The van der Waals surface area contributed by atoms with E-state index in [1.165, 1.54) is 6.33 Å². The fourth-order valence-corrected chi connectivity index (χ4v) is 2.27. The lowest BCUT2D eigenvalue weighted by Gasteiger charge is -2.35. The Balaban J connectivity index is 1.63. The number of carbonyl (C=O) groups excluding carboxylic acids is 1. The first-order valence-electron chi connectivity index (χ1n) is 6.55. The molecule has 2 aromatic rings. The summed E-state index contributed by atoms with van der Waals surface area (Å²) in [5, 5.41) is 0. The van der Waals surface area contributed by atoms with Crippen LogP contribution in [0.2, 0.25) is 0 Å². The molecule has 1 amide bonds. The Morgan fingerprint density at radius 1 is 1.05 bits per heavy atom. The van der Waals surface area contributed by atoms with Gasteiger partial charge in [-0.3, -0.25) is 4.79 Å². The number of hydrogen-bond acceptors (Lipinski definition) is 5. The van der Waals surface area contributed by atoms with Crippen molar-refractivity contribution < 1.29 is 4.79 Å². The number of anilines is 1. The summed E-state index contributed by atoms with van der Waals surface area (Å²) < 4.78 is 0. The zero-order valence-corrected chi connectivity index (χ0v) is 11.0. The van der Waals surface area contributed by atoms with Crippen molar-refractivity contribution in [1.29, 1.82) is 0 Å². The van der Waals surface area contributed by atoms with E-state index in [9.17, 15) is 4.79 Å². The zero-order chi connectivity index (χ0) is 13.8. The molecule has 1 fully saturated rings. The third-order valence-electron chi connectivity index (χ3n) is 3.35. The molecule has 6 heteroatoms. The number of pyridine rings is 1. The van der Waals surface area contributed by atoms with E-state index >= 15 is 0 Å². The van der Waals surface area contributed by atoms with Gasteiger partial charge in [-0.2, -0.15) is 0 Å². The number of nitrogens with zero attached hydrogens (tertiary/aromatic N) is 5. The molecule has 0 unspecified atom stereocenters. The third kappa shape index (κ3) is 2.59. The summed E-state index contributed by atoms with van der Waals surface area (Å²) >= 11 is 0. The van der Waals surface area contributed by atoms with Gasteiger partial charge in [0.25, 0.3) is 5.91 Å². The highest BCUT2D eigenvalue weighted by atomic mass is 16.2. The predicted molar refractivity (Wildman–Crippen MR) is 74.4 cm³/mol. The van der Waals surface area contributed by atoms with Crippen LogP contribution in [0.4, 0.5) is 5.82 Å². The van der Waals surface area contributed by atoms with E-state index < -0.39 is 0 Å². The number of amides is 1. The van der Waals surface area contributed by atoms with Gasteiger partial charge in [0.1, 0.15) is 12.1 Å². The van der Waals surface area contributed by atoms with Gasteiger partial charge in [-0.15, -0.1) is 0 Å². The first-order chi connectivity index (χ1) is 9.84. The molecular formula is C14H15N5O. The van der Waals surface area contributed by atoms with Gasteiger partial charge in [0.2, 0.25) is 0 Å². The van der Waals surface area contributed by atoms with Crippen molar-refractivity contribution >= 4 is 11.7 Å². The van der Waals surface area contributed by atoms with Gasteiger partial charge in [0, 0.05) is 44.8 Å². The highest BCUT2D eigenvalue weighted by molar-refractivity contribution is 5.93. The molecule has 1 aliphatic rings. The van der Waals surface area contributed by atoms with Crippen LogP contribution in [0.1, 0.15) is 10.4 Å². The van der Waals surface area contributed by atoms with E-state index in [-0.39, 0.29) is 5.91 Å². The normalized spacial score (nSPS) is 15.2. The summed E-state index contributed by atoms with van der Waals surface area (Å²) in [7, 11) is 0. The predicted octanol–water partition coefficient (Wildman–Crippen LogP) is 0.834. The van der Waals surface area contributed by atoms with Crippen LogP contribution in [0.3, 0.4) is 0 Å². The van der Waals surface area contributed by atoms with Crippen LogP contribution in [0, 0.1) is 0 Å². The quantitative estimate of drug-likeness (QED) is 0.808. The molecule has 2 aromatic heterocycles. The summed E-state index contributed by atoms with van der Waals surface area (Å²) in [6.45, 7) is 2.95. The fourth-order valence-electron chi connectivity index (χ4n) is 2.27. The minimum Gasteiger partial charge on any atom is -0.353 e. The van der Waals surface area contributed by atoms with E-state index in [4.69, 9.17) is 0 Å². The largest absolute Gasteiger partial charge is 0.353 e. The monoisotopic (exact) mass is 269 g/mol. The van der Waals surface area contributed by atoms with Crippen molar-refractivity contribution in [3.8, 4) is 0 Å². The Bertz CT molecular complexity index is 567. The van der Waals surface area contributed by atoms with E-state index in [1.54, 1.807) is 18.6 Å². The van der Waals surface area contributed by atoms with Gasteiger partial charge in [-0.1, -0.05) is 6.07 Å². The second-order valence-electron chi connectivity index (χ2n) is 4.59. The smallest absolute Gasteiger partial charge is 0.257 e. The molecule has 0 atom stereocenters. The van der Waals surface area contributed by atoms with Crippen LogP contribution in [-0.2, 0) is 0 Å². The molecule has 0 aromatic carbocycles. The molecule has 0 bridgehead atoms. The maximum atomic E-state index is 12.3. The molecule has 0 N–H and O–H groups in total. The van der Waals surface area contributed by atoms with E-state index in [1.807, 2.05) is 23.1 Å². The third-order valence-corrected chi connectivity index (χ3v) is 3.35. The first-order valence-corrected chi connectivity index (χ1v) is 6.55. The van der Waals surface area contributed by atoms with Crippen LogP contribution in [0.5, 0.6) is 0 Å². The molecule has 1 saturated heterocycles. The van der Waals surface area contributed by atoms with Crippen LogP contribution in [0.25, 0.3) is 0 Å². The lowest BCUT2D eigenvalue weighted by Crippen LogP contribution is -2.49. The molecule has 0 spiro atoms. The Morgan fingerprint density at radius 2 is 1.80 bits per heavy atom. The fraction of sp³-hybridized carbons (Fsp3) is 0.286. The van der Waals surface area contributed by atoms with Crippen molar-refractivity contribution in [1.82, 2.24) is 19.9 Å². The number of carbonyl (C=O) groups is 1. The van der Waals surface area contributed by atoms with Gasteiger partial charge < -0.3 is 9.80 Å². The molecular weight excluding hydrogens is 254 g/mol. The molecule has 20 heavy (non-hydrogen) atoms. The van der Waals surface area contributed by atoms with Crippen LogP contribution >= 0.6 is 0 Å². The maximum absolute atomic E-state index is 12.3. The molecule has 6 nitrogen and oxygen atoms in total. The van der Waals surface area contributed by atoms with Crippen LogP contribution < -0.4 is 4.90 Å². The van der Waals surface area contributed by atoms with Gasteiger partial charge in [-0.05, 0) is 12.1 Å². The second-order valence-corrected chi connectivity index (χ2v) is 4.59. The number of hydrogen-bond donors (Lipinski definition) is 0. The second kappa shape index (κ2) is 5.64. The number of rotatable bonds is 2. The minimum absolute atomic E-state index is 0.00808. The Hall–Kier alpha value is -2.50. The Morgan fingerprint density at radius 3 is 2.45 bits per heavy atom. The Labute approximate surface area is 117 Å². The lowest BCUT2D eigenvalue weighted by molar-refractivity contribution is 0.0745. The molecule has 1 aliphatic heterocycles. The van der Waals surface area contributed by atoms with Crippen LogP contribution in [-0.4, -0.2) is 51.9 Å². The van der Waals surface area contributed by atoms with Gasteiger partial charge in [0.05, 0.1) is 5.56 Å². The van der Waals surface area contributed by atoms with Crippen molar-refractivity contribution in [2.75, 3.05) is 31.1 Å². The number of piperazine rings is 1. The average Bonchev–Trinajstić information content (AvgIpc) is 2.56. The lowest BCUT2D eigenvalue weighted by atomic mass is 10.2. The summed E-state index contributed by atoms with van der Waals surface area (Å²) in [6.07, 6.45) is 6.32. The average molecular weight is 269 g/mol. The van der Waals surface area contributed by atoms with E-state index in [0.717, 1.165) is 18.9 Å². The summed E-state index contributed by atoms with van der Waals surface area (Å²) in [4.78, 5) is 28.4. The zero-order valence-electron chi connectivity index (χ0n) is 11.0. The van der Waals surface area contributed by atoms with Crippen molar-refractivity contribution in [3.63, 3.8) is 0 Å². The van der Waals surface area contributed by atoms with Crippen molar-refractivity contribution in [3.05, 3.63) is 48.7 Å². The highest BCUT2D eigenvalue weighted by Crippen LogP contribution is 2.13. The first kappa shape index (κ1) is 12.5. The van der Waals surface area contributed by atoms with Gasteiger partial charge >= 0.3 is 0 Å². The summed E-state index contributed by atoms with van der Waals surface area (Å²) in [5.41, 5.74) is 0.541. The van der Waals surface area contributed by atoms with Crippen molar-refractivity contribution in [2.24, 2.45) is 0 Å². The highest BCUT2D eigenvalue weighted by Gasteiger charge is 2.22. The molecule has 0 aliphatic carbocycles. The molecule has 102 valence electrons. The summed E-state index contributed by atoms with van der Waals surface area (Å²) in [5.74, 6) is 0.953. The van der Waals surface area contributed by atoms with Gasteiger partial charge in [-0.25, -0.2) is 15.0 Å². The Kier molecular flexibility index (Phi) is 3.54. The number of aromatic nitrogens is 3.